The van der Waals surface area contributed by atoms with E-state index in [1.165, 1.54) is 10.4 Å². The molecule has 102 valence electrons. The fourth-order valence-electron chi connectivity index (χ4n) is 1.76. The van der Waals surface area contributed by atoms with Gasteiger partial charge in [-0.2, -0.15) is 0 Å². The van der Waals surface area contributed by atoms with Crippen LogP contribution in [0.3, 0.4) is 0 Å². The minimum absolute atomic E-state index is 0.684. The Bertz CT molecular complexity index is 505. The zero-order valence-corrected chi connectivity index (χ0v) is 14.6. The molecule has 0 aliphatic heterocycles. The highest BCUT2D eigenvalue weighted by molar-refractivity contribution is 9.11. The molecule has 1 aromatic heterocycles. The van der Waals surface area contributed by atoms with E-state index in [1.54, 1.807) is 11.3 Å². The van der Waals surface area contributed by atoms with Crippen molar-refractivity contribution >= 4 is 43.2 Å². The predicted molar refractivity (Wildman–Crippen MR) is 88.1 cm³/mol. The first-order chi connectivity index (χ1) is 9.20. The van der Waals surface area contributed by atoms with Crippen LogP contribution in [-0.2, 0) is 13.0 Å². The topological polar surface area (TPSA) is 21.3 Å². The van der Waals surface area contributed by atoms with Crippen molar-refractivity contribution in [3.8, 4) is 5.75 Å². The van der Waals surface area contributed by atoms with Crippen molar-refractivity contribution < 1.29 is 4.74 Å². The highest BCUT2D eigenvalue weighted by atomic mass is 79.9. The summed E-state index contributed by atoms with van der Waals surface area (Å²) >= 11 is 8.90. The van der Waals surface area contributed by atoms with E-state index in [-0.39, 0.29) is 0 Å². The van der Waals surface area contributed by atoms with Gasteiger partial charge in [0.05, 0.1) is 15.6 Å². The van der Waals surface area contributed by atoms with Crippen LogP contribution in [-0.4, -0.2) is 13.7 Å². The van der Waals surface area contributed by atoms with Crippen LogP contribution in [0.5, 0.6) is 5.75 Å². The fraction of sp³-hybridized carbons (Fsp3) is 0.286. The monoisotopic (exact) mass is 403 g/mol. The van der Waals surface area contributed by atoms with Gasteiger partial charge in [0.1, 0.15) is 5.75 Å². The SMILES string of the molecule is CNCc1cc(Br)c(OCCc2cccs2)c(Br)c1. The van der Waals surface area contributed by atoms with Gasteiger partial charge in [0.2, 0.25) is 0 Å². The largest absolute Gasteiger partial charge is 0.491 e. The number of hydrogen-bond donors (Lipinski definition) is 1. The molecule has 0 unspecified atom stereocenters. The molecule has 0 fully saturated rings. The third-order valence-electron chi connectivity index (χ3n) is 2.61. The minimum atomic E-state index is 0.684. The van der Waals surface area contributed by atoms with Crippen molar-refractivity contribution in [3.05, 3.63) is 49.0 Å². The number of ether oxygens (including phenoxy) is 1. The van der Waals surface area contributed by atoms with Gasteiger partial charge in [0, 0.05) is 17.8 Å². The second-order valence-corrected chi connectivity index (χ2v) is 6.84. The summed E-state index contributed by atoms with van der Waals surface area (Å²) in [5, 5.41) is 5.23. The number of nitrogens with one attached hydrogen (secondary N) is 1. The Labute approximate surface area is 134 Å². The Morgan fingerprint density at radius 1 is 1.26 bits per heavy atom. The number of halogens is 2. The number of benzene rings is 1. The van der Waals surface area contributed by atoms with Crippen molar-refractivity contribution in [1.29, 1.82) is 0 Å². The maximum absolute atomic E-state index is 5.87. The van der Waals surface area contributed by atoms with Gasteiger partial charge in [0.15, 0.2) is 0 Å². The average molecular weight is 405 g/mol. The molecule has 0 bridgehead atoms. The maximum Gasteiger partial charge on any atom is 0.147 e. The lowest BCUT2D eigenvalue weighted by atomic mass is 10.2. The van der Waals surface area contributed by atoms with Crippen molar-refractivity contribution in [2.24, 2.45) is 0 Å². The first kappa shape index (κ1) is 15.0. The molecule has 0 saturated carbocycles. The van der Waals surface area contributed by atoms with Gasteiger partial charge in [0.25, 0.3) is 0 Å². The molecule has 0 aliphatic rings. The van der Waals surface area contributed by atoms with Crippen LogP contribution >= 0.6 is 43.2 Å². The van der Waals surface area contributed by atoms with Crippen LogP contribution in [0, 0.1) is 0 Å². The molecule has 2 nitrogen and oxygen atoms in total. The number of thiophene rings is 1. The standard InChI is InChI=1S/C14H15Br2NOS/c1-17-9-10-7-12(15)14(13(16)8-10)18-5-4-11-3-2-6-19-11/h2-3,6-8,17H,4-5,9H2,1H3. The Hall–Kier alpha value is -0.360. The molecule has 19 heavy (non-hydrogen) atoms. The van der Waals surface area contributed by atoms with Crippen LogP contribution in [0.25, 0.3) is 0 Å². The van der Waals surface area contributed by atoms with E-state index in [0.717, 1.165) is 27.7 Å². The number of rotatable bonds is 6. The summed E-state index contributed by atoms with van der Waals surface area (Å²) in [6.07, 6.45) is 0.939. The summed E-state index contributed by atoms with van der Waals surface area (Å²) in [4.78, 5) is 1.35. The molecule has 1 aromatic carbocycles. The quantitative estimate of drug-likeness (QED) is 0.758. The highest BCUT2D eigenvalue weighted by Crippen LogP contribution is 2.34. The van der Waals surface area contributed by atoms with Crippen LogP contribution in [0.1, 0.15) is 10.4 Å². The van der Waals surface area contributed by atoms with Gasteiger partial charge >= 0.3 is 0 Å². The molecule has 1 heterocycles. The lowest BCUT2D eigenvalue weighted by Gasteiger charge is -2.12. The van der Waals surface area contributed by atoms with Crippen LogP contribution < -0.4 is 10.1 Å². The van der Waals surface area contributed by atoms with E-state index in [2.05, 4.69) is 66.8 Å². The van der Waals surface area contributed by atoms with Gasteiger partial charge in [-0.05, 0) is 68.1 Å². The second kappa shape index (κ2) is 7.43. The minimum Gasteiger partial charge on any atom is -0.491 e. The zero-order valence-electron chi connectivity index (χ0n) is 10.6. The van der Waals surface area contributed by atoms with E-state index in [0.29, 0.717) is 6.61 Å². The Balaban J connectivity index is 1.99. The van der Waals surface area contributed by atoms with Gasteiger partial charge < -0.3 is 10.1 Å². The van der Waals surface area contributed by atoms with Crippen molar-refractivity contribution in [2.45, 2.75) is 13.0 Å². The zero-order chi connectivity index (χ0) is 13.7. The van der Waals surface area contributed by atoms with Crippen LogP contribution in [0.15, 0.2) is 38.6 Å². The molecule has 0 atom stereocenters. The summed E-state index contributed by atoms with van der Waals surface area (Å²) in [5.74, 6) is 0.872. The molecular weight excluding hydrogens is 390 g/mol. The van der Waals surface area contributed by atoms with Crippen molar-refractivity contribution in [2.75, 3.05) is 13.7 Å². The van der Waals surface area contributed by atoms with E-state index in [1.807, 2.05) is 7.05 Å². The summed E-state index contributed by atoms with van der Waals surface area (Å²) in [6.45, 7) is 1.52. The molecule has 5 heteroatoms. The molecule has 0 aliphatic carbocycles. The summed E-state index contributed by atoms with van der Waals surface area (Å²) in [6, 6.07) is 8.37. The molecule has 2 rings (SSSR count). The van der Waals surface area contributed by atoms with Gasteiger partial charge in [-0.25, -0.2) is 0 Å². The Kier molecular flexibility index (Phi) is 5.88. The van der Waals surface area contributed by atoms with E-state index in [4.69, 9.17) is 4.74 Å². The lowest BCUT2D eigenvalue weighted by molar-refractivity contribution is 0.319. The van der Waals surface area contributed by atoms with Gasteiger partial charge in [-0.3, -0.25) is 0 Å². The predicted octanol–water partition coefficient (Wildman–Crippen LogP) is 4.61. The first-order valence-corrected chi connectivity index (χ1v) is 8.45. The van der Waals surface area contributed by atoms with Gasteiger partial charge in [-0.1, -0.05) is 6.07 Å². The third-order valence-corrected chi connectivity index (χ3v) is 4.73. The highest BCUT2D eigenvalue weighted by Gasteiger charge is 2.09. The Morgan fingerprint density at radius 3 is 2.58 bits per heavy atom. The smallest absolute Gasteiger partial charge is 0.147 e. The molecule has 1 N–H and O–H groups in total. The normalized spacial score (nSPS) is 10.7. The average Bonchev–Trinajstić information content (AvgIpc) is 2.86. The van der Waals surface area contributed by atoms with Crippen molar-refractivity contribution in [1.82, 2.24) is 5.32 Å². The summed E-state index contributed by atoms with van der Waals surface area (Å²) in [5.41, 5.74) is 1.21. The fourth-order valence-corrected chi connectivity index (χ4v) is 3.97. The second-order valence-electron chi connectivity index (χ2n) is 4.10. The van der Waals surface area contributed by atoms with Crippen LogP contribution in [0.2, 0.25) is 0 Å². The third kappa shape index (κ3) is 4.31. The van der Waals surface area contributed by atoms with Crippen LogP contribution in [0.4, 0.5) is 0 Å². The molecule has 0 amide bonds. The molecule has 2 aromatic rings. The summed E-state index contributed by atoms with van der Waals surface area (Å²) < 4.78 is 7.84. The first-order valence-electron chi connectivity index (χ1n) is 5.98. The molecular formula is C14H15Br2NOS. The molecule has 0 spiro atoms. The van der Waals surface area contributed by atoms with E-state index in [9.17, 15) is 0 Å². The number of hydrogen-bond acceptors (Lipinski definition) is 3. The van der Waals surface area contributed by atoms with E-state index >= 15 is 0 Å². The molecule has 0 radical (unpaired) electrons. The lowest BCUT2D eigenvalue weighted by Crippen LogP contribution is -2.06. The summed E-state index contributed by atoms with van der Waals surface area (Å²) in [7, 11) is 1.94. The van der Waals surface area contributed by atoms with E-state index < -0.39 is 0 Å². The maximum atomic E-state index is 5.87. The van der Waals surface area contributed by atoms with Gasteiger partial charge in [-0.15, -0.1) is 11.3 Å². The Morgan fingerprint density at radius 2 is 2.00 bits per heavy atom. The van der Waals surface area contributed by atoms with Crippen molar-refractivity contribution in [3.63, 3.8) is 0 Å². The molecule has 0 saturated heterocycles.